The number of furan rings is 1. The normalized spacial score (nSPS) is 15.2. The third kappa shape index (κ3) is 4.84. The van der Waals surface area contributed by atoms with Crippen molar-refractivity contribution < 1.29 is 23.3 Å². The van der Waals surface area contributed by atoms with Crippen molar-refractivity contribution in [3.8, 4) is 11.3 Å². The highest BCUT2D eigenvalue weighted by atomic mass is 32.1. The number of carbonyl (C=O) groups is 1. The van der Waals surface area contributed by atoms with E-state index in [4.69, 9.17) is 9.15 Å². The minimum absolute atomic E-state index is 0.0865. The van der Waals surface area contributed by atoms with Crippen LogP contribution in [0.5, 0.6) is 0 Å². The summed E-state index contributed by atoms with van der Waals surface area (Å²) >= 11 is 1.10. The standard InChI is InChI=1S/C28H22FN3O6S/c1-4-37-27(34)24-16(3)30-28-31(25(24)17-6-8-18(29)9-7-17)26(33)23(39-28)14-19-10-12-22(38-19)20-11-5-15(2)13-21(20)32(35)36/h5-14,25H,4H2,1-3H3/b23-14-/t25-/m0/s1. The fourth-order valence-corrected chi connectivity index (χ4v) is 5.48. The van der Waals surface area contributed by atoms with Crippen LogP contribution in [0.3, 0.4) is 0 Å². The Hall–Kier alpha value is -4.64. The summed E-state index contributed by atoms with van der Waals surface area (Å²) in [5, 5.41) is 11.6. The van der Waals surface area contributed by atoms with E-state index in [2.05, 4.69) is 4.99 Å². The van der Waals surface area contributed by atoms with Gasteiger partial charge in [-0.15, -0.1) is 0 Å². The van der Waals surface area contributed by atoms with Gasteiger partial charge in [0.15, 0.2) is 4.80 Å². The molecule has 1 aliphatic rings. The van der Waals surface area contributed by atoms with Crippen LogP contribution in [0.15, 0.2) is 80.1 Å². The van der Waals surface area contributed by atoms with Crippen molar-refractivity contribution in [1.29, 1.82) is 0 Å². The molecule has 3 heterocycles. The summed E-state index contributed by atoms with van der Waals surface area (Å²) in [6, 6.07) is 12.7. The van der Waals surface area contributed by atoms with E-state index >= 15 is 0 Å². The van der Waals surface area contributed by atoms with E-state index in [-0.39, 0.29) is 28.2 Å². The van der Waals surface area contributed by atoms with Gasteiger partial charge in [-0.1, -0.05) is 29.5 Å². The first-order valence-electron chi connectivity index (χ1n) is 12.0. The lowest BCUT2D eigenvalue weighted by Gasteiger charge is -2.24. The Balaban J connectivity index is 1.63. The molecule has 198 valence electrons. The molecule has 9 nitrogen and oxygen atoms in total. The van der Waals surface area contributed by atoms with Gasteiger partial charge in [0.25, 0.3) is 11.2 Å². The van der Waals surface area contributed by atoms with E-state index in [0.29, 0.717) is 27.4 Å². The molecule has 2 aromatic carbocycles. The van der Waals surface area contributed by atoms with Crippen LogP contribution in [-0.4, -0.2) is 22.1 Å². The number of carbonyl (C=O) groups excluding carboxylic acids is 1. The second kappa shape index (κ2) is 10.3. The average Bonchev–Trinajstić information content (AvgIpc) is 3.48. The van der Waals surface area contributed by atoms with Crippen LogP contribution in [0.1, 0.15) is 36.8 Å². The first kappa shape index (κ1) is 26.0. The second-order valence-corrected chi connectivity index (χ2v) is 9.84. The maximum absolute atomic E-state index is 13.7. The van der Waals surface area contributed by atoms with Crippen molar-refractivity contribution in [2.75, 3.05) is 6.61 Å². The molecule has 0 aliphatic carbocycles. The van der Waals surface area contributed by atoms with Crippen LogP contribution >= 0.6 is 11.3 Å². The molecule has 0 unspecified atom stereocenters. The average molecular weight is 548 g/mol. The molecule has 39 heavy (non-hydrogen) atoms. The zero-order valence-corrected chi connectivity index (χ0v) is 22.0. The Morgan fingerprint density at radius 2 is 1.95 bits per heavy atom. The van der Waals surface area contributed by atoms with Gasteiger partial charge in [-0.05, 0) is 62.2 Å². The maximum atomic E-state index is 13.7. The zero-order valence-electron chi connectivity index (χ0n) is 21.1. The predicted molar refractivity (Wildman–Crippen MR) is 142 cm³/mol. The van der Waals surface area contributed by atoms with E-state index in [9.17, 15) is 24.1 Å². The molecule has 4 aromatic rings. The number of aryl methyl sites for hydroxylation is 1. The number of halogens is 1. The van der Waals surface area contributed by atoms with Gasteiger partial charge in [0, 0.05) is 12.1 Å². The SMILES string of the molecule is CCOC(=O)C1=C(C)N=c2s/c(=C\c3ccc(-c4ccc(C)cc4[N+](=O)[O-])o3)c(=O)n2[C@H]1c1ccc(F)cc1. The molecule has 0 spiro atoms. The third-order valence-electron chi connectivity index (χ3n) is 6.22. The summed E-state index contributed by atoms with van der Waals surface area (Å²) in [5.74, 6) is -0.472. The van der Waals surface area contributed by atoms with Crippen LogP contribution < -0.4 is 14.9 Å². The number of nitrogens with zero attached hydrogens (tertiary/aromatic N) is 3. The van der Waals surface area contributed by atoms with Crippen LogP contribution in [0.25, 0.3) is 17.4 Å². The zero-order chi connectivity index (χ0) is 27.8. The highest BCUT2D eigenvalue weighted by Crippen LogP contribution is 2.33. The smallest absolute Gasteiger partial charge is 0.338 e. The number of esters is 1. The lowest BCUT2D eigenvalue weighted by atomic mass is 9.96. The Morgan fingerprint density at radius 3 is 2.64 bits per heavy atom. The van der Waals surface area contributed by atoms with Gasteiger partial charge in [-0.3, -0.25) is 19.5 Å². The molecule has 2 aromatic heterocycles. The predicted octanol–water partition coefficient (Wildman–Crippen LogP) is 4.41. The Morgan fingerprint density at radius 1 is 1.21 bits per heavy atom. The fraction of sp³-hybridized carbons (Fsp3) is 0.179. The highest BCUT2D eigenvalue weighted by Gasteiger charge is 2.33. The number of allylic oxidation sites excluding steroid dienone is 1. The molecule has 0 saturated carbocycles. The molecule has 0 N–H and O–H groups in total. The van der Waals surface area contributed by atoms with Gasteiger partial charge >= 0.3 is 5.97 Å². The number of aromatic nitrogens is 1. The number of thiazole rings is 1. The fourth-order valence-electron chi connectivity index (χ4n) is 4.46. The minimum atomic E-state index is -0.870. The molecule has 1 aliphatic heterocycles. The summed E-state index contributed by atoms with van der Waals surface area (Å²) in [6.07, 6.45) is 1.53. The summed E-state index contributed by atoms with van der Waals surface area (Å²) in [6.45, 7) is 5.24. The third-order valence-corrected chi connectivity index (χ3v) is 7.20. The first-order valence-corrected chi connectivity index (χ1v) is 12.8. The number of ether oxygens (including phenoxy) is 1. The molecule has 0 radical (unpaired) electrons. The van der Waals surface area contributed by atoms with E-state index in [1.54, 1.807) is 45.0 Å². The molecular formula is C28H22FN3O6S. The van der Waals surface area contributed by atoms with E-state index in [1.165, 1.54) is 41.0 Å². The van der Waals surface area contributed by atoms with Gasteiger partial charge in [0.1, 0.15) is 17.3 Å². The molecule has 0 fully saturated rings. The number of benzene rings is 2. The molecule has 0 bridgehead atoms. The quantitative estimate of drug-likeness (QED) is 0.201. The van der Waals surface area contributed by atoms with Gasteiger partial charge in [-0.2, -0.15) is 0 Å². The van der Waals surface area contributed by atoms with Crippen LogP contribution in [-0.2, 0) is 9.53 Å². The van der Waals surface area contributed by atoms with Crippen LogP contribution in [0.2, 0.25) is 0 Å². The van der Waals surface area contributed by atoms with E-state index < -0.39 is 28.3 Å². The van der Waals surface area contributed by atoms with Gasteiger partial charge in [0.2, 0.25) is 0 Å². The van der Waals surface area contributed by atoms with Crippen molar-refractivity contribution in [2.45, 2.75) is 26.8 Å². The van der Waals surface area contributed by atoms with Gasteiger partial charge < -0.3 is 9.15 Å². The minimum Gasteiger partial charge on any atom is -0.463 e. The van der Waals surface area contributed by atoms with Crippen molar-refractivity contribution >= 4 is 29.1 Å². The van der Waals surface area contributed by atoms with Crippen LogP contribution in [0.4, 0.5) is 10.1 Å². The van der Waals surface area contributed by atoms with E-state index in [1.807, 2.05) is 0 Å². The topological polar surface area (TPSA) is 117 Å². The monoisotopic (exact) mass is 547 g/mol. The number of hydrogen-bond acceptors (Lipinski definition) is 8. The van der Waals surface area contributed by atoms with Crippen molar-refractivity contribution in [1.82, 2.24) is 4.57 Å². The molecule has 0 amide bonds. The lowest BCUT2D eigenvalue weighted by Crippen LogP contribution is -2.39. The van der Waals surface area contributed by atoms with Crippen molar-refractivity contribution in [2.24, 2.45) is 4.99 Å². The molecule has 0 saturated heterocycles. The second-order valence-electron chi connectivity index (χ2n) is 8.83. The van der Waals surface area contributed by atoms with E-state index in [0.717, 1.165) is 16.9 Å². The van der Waals surface area contributed by atoms with Crippen LogP contribution in [0, 0.1) is 22.9 Å². The Labute approximate surface area is 225 Å². The molecule has 5 rings (SSSR count). The molecular weight excluding hydrogens is 525 g/mol. The Bertz CT molecular complexity index is 1830. The molecule has 11 heteroatoms. The van der Waals surface area contributed by atoms with Crippen molar-refractivity contribution in [3.05, 3.63) is 118 Å². The summed E-state index contributed by atoms with van der Waals surface area (Å²) in [4.78, 5) is 42.5. The highest BCUT2D eigenvalue weighted by molar-refractivity contribution is 7.07. The number of nitro groups is 1. The summed E-state index contributed by atoms with van der Waals surface area (Å²) in [7, 11) is 0. The first-order chi connectivity index (χ1) is 18.7. The number of rotatable bonds is 6. The number of fused-ring (bicyclic) bond motifs is 1. The summed E-state index contributed by atoms with van der Waals surface area (Å²) in [5.41, 5.74) is 1.65. The Kier molecular flexibility index (Phi) is 6.83. The number of hydrogen-bond donors (Lipinski definition) is 0. The maximum Gasteiger partial charge on any atom is 0.338 e. The molecule has 1 atom stereocenters. The van der Waals surface area contributed by atoms with Crippen molar-refractivity contribution in [3.63, 3.8) is 0 Å². The van der Waals surface area contributed by atoms with Gasteiger partial charge in [0.05, 0.1) is 38.9 Å². The largest absolute Gasteiger partial charge is 0.463 e. The summed E-state index contributed by atoms with van der Waals surface area (Å²) < 4.78 is 26.5. The number of nitro benzene ring substituents is 1. The van der Waals surface area contributed by atoms with Gasteiger partial charge in [-0.25, -0.2) is 14.2 Å². The lowest BCUT2D eigenvalue weighted by molar-refractivity contribution is -0.384.